The van der Waals surface area contributed by atoms with Gasteiger partial charge in [0.2, 0.25) is 0 Å². The Morgan fingerprint density at radius 3 is 3.00 bits per heavy atom. The topological polar surface area (TPSA) is 102 Å². The van der Waals surface area contributed by atoms with E-state index in [0.29, 0.717) is 0 Å². The van der Waals surface area contributed by atoms with Crippen LogP contribution in [0.15, 0.2) is 16.9 Å². The lowest BCUT2D eigenvalue weighted by Crippen LogP contribution is -2.49. The largest absolute Gasteiger partial charge is 0.481 e. The molecule has 7 heteroatoms. The normalized spacial score (nSPS) is 27.9. The van der Waals surface area contributed by atoms with Gasteiger partial charge in [0.1, 0.15) is 11.7 Å². The highest BCUT2D eigenvalue weighted by Gasteiger charge is 2.47. The van der Waals surface area contributed by atoms with E-state index in [9.17, 15) is 9.59 Å². The third-order valence-corrected chi connectivity index (χ3v) is 2.92. The van der Waals surface area contributed by atoms with Crippen molar-refractivity contribution in [1.82, 2.24) is 10.5 Å². The lowest BCUT2D eigenvalue weighted by molar-refractivity contribution is -0.148. The second kappa shape index (κ2) is 4.17. The van der Waals surface area contributed by atoms with E-state index in [2.05, 4.69) is 15.0 Å². The fourth-order valence-electron chi connectivity index (χ4n) is 1.65. The smallest absolute Gasteiger partial charge is 0.313 e. The summed E-state index contributed by atoms with van der Waals surface area (Å²) < 4.78 is 9.65. The van der Waals surface area contributed by atoms with Gasteiger partial charge in [-0.25, -0.2) is 0 Å². The van der Waals surface area contributed by atoms with Crippen LogP contribution in [-0.4, -0.2) is 41.4 Å². The molecule has 17 heavy (non-hydrogen) atoms. The summed E-state index contributed by atoms with van der Waals surface area (Å²) >= 11 is 0. The summed E-state index contributed by atoms with van der Waals surface area (Å²) in [5, 5.41) is 15.2. The van der Waals surface area contributed by atoms with E-state index in [0.717, 1.165) is 0 Å². The number of aliphatic carboxylic acids is 1. The molecule has 1 amide bonds. The summed E-state index contributed by atoms with van der Waals surface area (Å²) in [6.45, 7) is 1.79. The van der Waals surface area contributed by atoms with Gasteiger partial charge < -0.3 is 19.7 Å². The molecule has 1 fully saturated rings. The number of rotatable bonds is 3. The Morgan fingerprint density at radius 1 is 1.65 bits per heavy atom. The van der Waals surface area contributed by atoms with Crippen LogP contribution < -0.4 is 5.32 Å². The van der Waals surface area contributed by atoms with Gasteiger partial charge in [0, 0.05) is 6.07 Å². The maximum Gasteiger partial charge on any atom is 0.313 e. The fraction of sp³-hybridized carbons (Fsp3) is 0.500. The number of carbonyl (C=O) groups excluding carboxylic acids is 1. The van der Waals surface area contributed by atoms with Crippen LogP contribution in [-0.2, 0) is 9.53 Å². The van der Waals surface area contributed by atoms with E-state index in [-0.39, 0.29) is 18.9 Å². The molecule has 0 aliphatic carbocycles. The van der Waals surface area contributed by atoms with Crippen LogP contribution in [0.25, 0.3) is 0 Å². The molecule has 1 aromatic rings. The lowest BCUT2D eigenvalue weighted by atomic mass is 9.85. The first kappa shape index (κ1) is 11.6. The zero-order chi connectivity index (χ0) is 12.5. The summed E-state index contributed by atoms with van der Waals surface area (Å²) in [4.78, 5) is 22.8. The molecule has 92 valence electrons. The van der Waals surface area contributed by atoms with Gasteiger partial charge in [-0.1, -0.05) is 5.16 Å². The molecule has 0 bridgehead atoms. The second-order valence-corrected chi connectivity index (χ2v) is 4.15. The minimum atomic E-state index is -1.11. The number of carboxylic acids is 1. The minimum absolute atomic E-state index is 0.0755. The lowest BCUT2D eigenvalue weighted by Gasteiger charge is -2.24. The fourth-order valence-corrected chi connectivity index (χ4v) is 1.65. The molecule has 2 unspecified atom stereocenters. The number of aromatic nitrogens is 1. The first-order chi connectivity index (χ1) is 8.04. The predicted octanol–water partition coefficient (Wildman–Crippen LogP) is -0.106. The number of hydrogen-bond donors (Lipinski definition) is 2. The number of nitrogens with zero attached hydrogens (tertiary/aromatic N) is 1. The van der Waals surface area contributed by atoms with Crippen LogP contribution in [0.5, 0.6) is 0 Å². The molecular weight excluding hydrogens is 228 g/mol. The van der Waals surface area contributed by atoms with Crippen molar-refractivity contribution in [3.05, 3.63) is 18.0 Å². The van der Waals surface area contributed by atoms with Crippen molar-refractivity contribution in [1.29, 1.82) is 0 Å². The van der Waals surface area contributed by atoms with E-state index in [1.165, 1.54) is 19.3 Å². The van der Waals surface area contributed by atoms with E-state index in [4.69, 9.17) is 9.84 Å². The Kier molecular flexibility index (Phi) is 2.84. The third-order valence-electron chi connectivity index (χ3n) is 2.92. The maximum atomic E-state index is 11.7. The van der Waals surface area contributed by atoms with Gasteiger partial charge in [-0.05, 0) is 6.92 Å². The second-order valence-electron chi connectivity index (χ2n) is 4.15. The molecule has 0 spiro atoms. The molecule has 2 rings (SSSR count). The molecule has 0 aromatic carbocycles. The first-order valence-electron chi connectivity index (χ1n) is 5.06. The van der Waals surface area contributed by atoms with Gasteiger partial charge >= 0.3 is 5.97 Å². The van der Waals surface area contributed by atoms with Crippen LogP contribution in [0.1, 0.15) is 17.4 Å². The number of hydrogen-bond acceptors (Lipinski definition) is 5. The standard InChI is InChI=1S/C10H12N2O5/c1-10(9(14)15)5-16-4-7(10)11-8(13)6-2-3-17-12-6/h2-3,7H,4-5H2,1H3,(H,11,13)(H,14,15). The molecule has 1 aromatic heterocycles. The van der Waals surface area contributed by atoms with Crippen molar-refractivity contribution in [3.63, 3.8) is 0 Å². The first-order valence-corrected chi connectivity index (χ1v) is 5.06. The molecule has 2 heterocycles. The Balaban J connectivity index is 2.09. The Morgan fingerprint density at radius 2 is 2.41 bits per heavy atom. The molecule has 0 saturated carbocycles. The third kappa shape index (κ3) is 2.01. The van der Waals surface area contributed by atoms with E-state index < -0.39 is 23.3 Å². The van der Waals surface area contributed by atoms with Crippen molar-refractivity contribution < 1.29 is 24.0 Å². The Hall–Kier alpha value is -1.89. The van der Waals surface area contributed by atoms with Crippen LogP contribution in [0.3, 0.4) is 0 Å². The predicted molar refractivity (Wildman–Crippen MR) is 54.3 cm³/mol. The number of nitrogens with one attached hydrogen (secondary N) is 1. The number of carboxylic acid groups (broad SMARTS) is 1. The van der Waals surface area contributed by atoms with Gasteiger partial charge in [-0.3, -0.25) is 9.59 Å². The van der Waals surface area contributed by atoms with Crippen molar-refractivity contribution in [2.75, 3.05) is 13.2 Å². The summed E-state index contributed by atoms with van der Waals surface area (Å²) in [6, 6.07) is 0.827. The van der Waals surface area contributed by atoms with Crippen LogP contribution in [0.2, 0.25) is 0 Å². The highest BCUT2D eigenvalue weighted by Crippen LogP contribution is 2.28. The monoisotopic (exact) mass is 240 g/mol. The van der Waals surface area contributed by atoms with E-state index in [1.54, 1.807) is 0 Å². The maximum absolute atomic E-state index is 11.7. The molecule has 7 nitrogen and oxygen atoms in total. The molecule has 2 atom stereocenters. The SMILES string of the molecule is CC1(C(=O)O)COCC1NC(=O)c1ccon1. The average Bonchev–Trinajstić information content (AvgIpc) is 2.89. The van der Waals surface area contributed by atoms with Crippen LogP contribution in [0.4, 0.5) is 0 Å². The van der Waals surface area contributed by atoms with Gasteiger partial charge in [-0.15, -0.1) is 0 Å². The van der Waals surface area contributed by atoms with Gasteiger partial charge in [0.15, 0.2) is 5.69 Å². The van der Waals surface area contributed by atoms with Crippen molar-refractivity contribution in [2.24, 2.45) is 5.41 Å². The summed E-state index contributed by atoms with van der Waals surface area (Å²) in [7, 11) is 0. The highest BCUT2D eigenvalue weighted by molar-refractivity contribution is 5.92. The number of amides is 1. The zero-order valence-corrected chi connectivity index (χ0v) is 9.17. The minimum Gasteiger partial charge on any atom is -0.481 e. The molecule has 0 radical (unpaired) electrons. The van der Waals surface area contributed by atoms with Crippen molar-refractivity contribution in [3.8, 4) is 0 Å². The van der Waals surface area contributed by atoms with E-state index in [1.807, 2.05) is 0 Å². The van der Waals surface area contributed by atoms with Gasteiger partial charge in [0.25, 0.3) is 5.91 Å². The summed E-state index contributed by atoms with van der Waals surface area (Å²) in [6.07, 6.45) is 1.27. The molecule has 1 aliphatic rings. The zero-order valence-electron chi connectivity index (χ0n) is 9.17. The van der Waals surface area contributed by atoms with Crippen molar-refractivity contribution >= 4 is 11.9 Å². The average molecular weight is 240 g/mol. The molecule has 2 N–H and O–H groups in total. The molecule has 1 aliphatic heterocycles. The van der Waals surface area contributed by atoms with E-state index >= 15 is 0 Å². The van der Waals surface area contributed by atoms with Crippen LogP contribution >= 0.6 is 0 Å². The summed E-state index contributed by atoms with van der Waals surface area (Å²) in [5.41, 5.74) is -0.996. The van der Waals surface area contributed by atoms with Crippen LogP contribution in [0, 0.1) is 5.41 Å². The highest BCUT2D eigenvalue weighted by atomic mass is 16.5. The summed E-state index contributed by atoms with van der Waals surface area (Å²) in [5.74, 6) is -1.47. The van der Waals surface area contributed by atoms with Gasteiger partial charge in [-0.2, -0.15) is 0 Å². The van der Waals surface area contributed by atoms with Crippen molar-refractivity contribution in [2.45, 2.75) is 13.0 Å². The quantitative estimate of drug-likeness (QED) is 0.764. The Bertz CT molecular complexity index is 430. The number of ether oxygens (including phenoxy) is 1. The van der Waals surface area contributed by atoms with Gasteiger partial charge in [0.05, 0.1) is 19.3 Å². The molecule has 1 saturated heterocycles. The molecular formula is C10H12N2O5. The Labute approximate surface area is 96.7 Å². The number of carbonyl (C=O) groups is 2.